The molecule has 1 atom stereocenters. The number of hydrogen-bond donors (Lipinski definition) is 1. The summed E-state index contributed by atoms with van der Waals surface area (Å²) in [6, 6.07) is 0. The zero-order chi connectivity index (χ0) is 14.0. The first-order valence-electron chi connectivity index (χ1n) is 6.46. The van der Waals surface area contributed by atoms with Gasteiger partial charge in [-0.05, 0) is 19.3 Å². The van der Waals surface area contributed by atoms with E-state index in [0.29, 0.717) is 32.4 Å². The molecule has 19 heavy (non-hydrogen) atoms. The molecule has 2 saturated heterocycles. The van der Waals surface area contributed by atoms with Crippen molar-refractivity contribution in [1.82, 2.24) is 8.61 Å². The number of rotatable bonds is 4. The predicted octanol–water partition coefficient (Wildman–Crippen LogP) is -0.251. The van der Waals surface area contributed by atoms with Crippen LogP contribution >= 0.6 is 0 Å². The molecule has 0 aromatic carbocycles. The van der Waals surface area contributed by atoms with Gasteiger partial charge in [-0.3, -0.25) is 4.79 Å². The second kappa shape index (κ2) is 5.74. The Morgan fingerprint density at radius 2 is 1.74 bits per heavy atom. The van der Waals surface area contributed by atoms with E-state index in [2.05, 4.69) is 0 Å². The normalized spacial score (nSPS) is 27.7. The van der Waals surface area contributed by atoms with Gasteiger partial charge in [-0.25, -0.2) is 0 Å². The van der Waals surface area contributed by atoms with E-state index in [1.165, 1.54) is 8.61 Å². The van der Waals surface area contributed by atoms with E-state index in [1.807, 2.05) is 0 Å². The van der Waals surface area contributed by atoms with Crippen LogP contribution in [0.1, 0.15) is 19.3 Å². The van der Waals surface area contributed by atoms with Crippen LogP contribution in [0.3, 0.4) is 0 Å². The first kappa shape index (κ1) is 14.7. The van der Waals surface area contributed by atoms with Gasteiger partial charge in [0.05, 0.1) is 12.0 Å². The zero-order valence-corrected chi connectivity index (χ0v) is 11.8. The fourth-order valence-electron chi connectivity index (χ4n) is 2.60. The topological polar surface area (TPSA) is 87.2 Å². The average Bonchev–Trinajstić information content (AvgIpc) is 2.88. The van der Waals surface area contributed by atoms with Crippen molar-refractivity contribution in [3.05, 3.63) is 0 Å². The molecule has 0 amide bonds. The van der Waals surface area contributed by atoms with E-state index in [1.54, 1.807) is 7.11 Å². The molecule has 110 valence electrons. The van der Waals surface area contributed by atoms with Crippen molar-refractivity contribution in [2.75, 3.05) is 33.3 Å². The minimum absolute atomic E-state index is 0.0358. The quantitative estimate of drug-likeness (QED) is 0.772. The molecule has 0 aromatic heterocycles. The largest absolute Gasteiger partial charge is 0.481 e. The third-order valence-electron chi connectivity index (χ3n) is 3.90. The zero-order valence-electron chi connectivity index (χ0n) is 11.0. The molecule has 0 aromatic rings. The Bertz CT molecular complexity index is 430. The van der Waals surface area contributed by atoms with Crippen LogP contribution in [0, 0.1) is 5.92 Å². The molecule has 0 saturated carbocycles. The number of carboxylic acids is 1. The Morgan fingerprint density at radius 1 is 1.16 bits per heavy atom. The van der Waals surface area contributed by atoms with Crippen LogP contribution in [0.2, 0.25) is 0 Å². The molecular weight excluding hydrogens is 272 g/mol. The number of nitrogens with zero attached hydrogens (tertiary/aromatic N) is 2. The Labute approximate surface area is 113 Å². The summed E-state index contributed by atoms with van der Waals surface area (Å²) in [7, 11) is -1.88. The minimum Gasteiger partial charge on any atom is -0.481 e. The van der Waals surface area contributed by atoms with E-state index in [-0.39, 0.29) is 19.2 Å². The van der Waals surface area contributed by atoms with Crippen molar-refractivity contribution >= 4 is 16.2 Å². The maximum Gasteiger partial charge on any atom is 0.306 e. The Balaban J connectivity index is 1.96. The number of carbonyl (C=O) groups is 1. The first-order valence-corrected chi connectivity index (χ1v) is 7.85. The number of aliphatic carboxylic acids is 1. The lowest BCUT2D eigenvalue weighted by Gasteiger charge is -2.32. The van der Waals surface area contributed by atoms with E-state index in [9.17, 15) is 13.2 Å². The molecular formula is C11H20N2O5S. The lowest BCUT2D eigenvalue weighted by Crippen LogP contribution is -2.47. The van der Waals surface area contributed by atoms with Gasteiger partial charge >= 0.3 is 5.97 Å². The summed E-state index contributed by atoms with van der Waals surface area (Å²) in [4.78, 5) is 10.9. The average molecular weight is 292 g/mol. The number of ether oxygens (including phenoxy) is 1. The molecule has 2 rings (SSSR count). The van der Waals surface area contributed by atoms with Crippen LogP contribution in [0.15, 0.2) is 0 Å². The fraction of sp³-hybridized carbons (Fsp3) is 0.909. The Kier molecular flexibility index (Phi) is 4.44. The van der Waals surface area contributed by atoms with Crippen LogP contribution in [-0.4, -0.2) is 67.5 Å². The highest BCUT2D eigenvalue weighted by Gasteiger charge is 2.38. The van der Waals surface area contributed by atoms with E-state index < -0.39 is 22.1 Å². The summed E-state index contributed by atoms with van der Waals surface area (Å²) in [5.74, 6) is -1.26. The molecule has 1 N–H and O–H groups in total. The summed E-state index contributed by atoms with van der Waals surface area (Å²) < 4.78 is 32.7. The van der Waals surface area contributed by atoms with Gasteiger partial charge in [-0.2, -0.15) is 17.0 Å². The molecule has 0 bridgehead atoms. The van der Waals surface area contributed by atoms with Gasteiger partial charge in [0.15, 0.2) is 0 Å². The van der Waals surface area contributed by atoms with Gasteiger partial charge < -0.3 is 9.84 Å². The van der Waals surface area contributed by atoms with Crippen molar-refractivity contribution in [1.29, 1.82) is 0 Å². The third-order valence-corrected chi connectivity index (χ3v) is 5.90. The lowest BCUT2D eigenvalue weighted by molar-refractivity contribution is -0.142. The molecule has 0 spiro atoms. The molecule has 1 unspecified atom stereocenters. The maximum absolute atomic E-state index is 12.4. The molecule has 0 radical (unpaired) electrons. The van der Waals surface area contributed by atoms with E-state index >= 15 is 0 Å². The van der Waals surface area contributed by atoms with Gasteiger partial charge in [0.25, 0.3) is 10.2 Å². The second-order valence-electron chi connectivity index (χ2n) is 5.02. The minimum atomic E-state index is -3.46. The molecule has 2 heterocycles. The maximum atomic E-state index is 12.4. The van der Waals surface area contributed by atoms with Crippen LogP contribution in [0.25, 0.3) is 0 Å². The Morgan fingerprint density at radius 3 is 2.21 bits per heavy atom. The van der Waals surface area contributed by atoms with Crippen LogP contribution < -0.4 is 0 Å². The van der Waals surface area contributed by atoms with Crippen molar-refractivity contribution < 1.29 is 23.1 Å². The van der Waals surface area contributed by atoms with Crippen molar-refractivity contribution in [2.24, 2.45) is 5.92 Å². The highest BCUT2D eigenvalue weighted by molar-refractivity contribution is 7.86. The first-order chi connectivity index (χ1) is 8.95. The van der Waals surface area contributed by atoms with E-state index in [4.69, 9.17) is 9.84 Å². The highest BCUT2D eigenvalue weighted by atomic mass is 32.2. The Hall–Kier alpha value is -0.700. The van der Waals surface area contributed by atoms with E-state index in [0.717, 1.165) is 0 Å². The number of hydrogen-bond acceptors (Lipinski definition) is 4. The standard InChI is InChI=1S/C11H20N2O5S/c1-18-10-4-7-13(8-10)19(16,17)12-5-2-9(3-6-12)11(14)15/h9-10H,2-8H2,1H3,(H,14,15). The third kappa shape index (κ3) is 3.07. The summed E-state index contributed by atoms with van der Waals surface area (Å²) in [5.41, 5.74) is 0. The molecule has 0 aliphatic carbocycles. The van der Waals surface area contributed by atoms with Crippen molar-refractivity contribution in [3.8, 4) is 0 Å². The lowest BCUT2D eigenvalue weighted by atomic mass is 9.99. The smallest absolute Gasteiger partial charge is 0.306 e. The molecule has 2 aliphatic rings. The molecule has 8 heteroatoms. The van der Waals surface area contributed by atoms with Crippen LogP contribution in [0.4, 0.5) is 0 Å². The van der Waals surface area contributed by atoms with Gasteiger partial charge in [0.1, 0.15) is 0 Å². The van der Waals surface area contributed by atoms with Crippen molar-refractivity contribution in [2.45, 2.75) is 25.4 Å². The van der Waals surface area contributed by atoms with Gasteiger partial charge in [-0.15, -0.1) is 0 Å². The number of carboxylic acid groups (broad SMARTS) is 1. The summed E-state index contributed by atoms with van der Waals surface area (Å²) >= 11 is 0. The SMILES string of the molecule is COC1CCN(S(=O)(=O)N2CCC(C(=O)O)CC2)C1. The second-order valence-corrected chi connectivity index (χ2v) is 6.95. The predicted molar refractivity (Wildman–Crippen MR) is 67.8 cm³/mol. The fourth-order valence-corrected chi connectivity index (χ4v) is 4.29. The van der Waals surface area contributed by atoms with Crippen molar-refractivity contribution in [3.63, 3.8) is 0 Å². The molecule has 2 fully saturated rings. The van der Waals surface area contributed by atoms with Gasteiger partial charge in [-0.1, -0.05) is 0 Å². The number of piperidine rings is 1. The summed E-state index contributed by atoms with van der Waals surface area (Å²) in [6.07, 6.45) is 1.44. The summed E-state index contributed by atoms with van der Waals surface area (Å²) in [5, 5.41) is 8.91. The monoisotopic (exact) mass is 292 g/mol. The van der Waals surface area contributed by atoms with Gasteiger partial charge in [0.2, 0.25) is 0 Å². The molecule has 2 aliphatic heterocycles. The van der Waals surface area contributed by atoms with Gasteiger partial charge in [0, 0.05) is 33.3 Å². The summed E-state index contributed by atoms with van der Waals surface area (Å²) in [6.45, 7) is 1.43. The van der Waals surface area contributed by atoms with Crippen LogP contribution in [0.5, 0.6) is 0 Å². The highest BCUT2D eigenvalue weighted by Crippen LogP contribution is 2.24. The van der Waals surface area contributed by atoms with Crippen LogP contribution in [-0.2, 0) is 19.7 Å². The molecule has 7 nitrogen and oxygen atoms in total. The number of methoxy groups -OCH3 is 1.